The van der Waals surface area contributed by atoms with E-state index < -0.39 is 0 Å². The van der Waals surface area contributed by atoms with Gasteiger partial charge in [0.25, 0.3) is 0 Å². The van der Waals surface area contributed by atoms with Gasteiger partial charge in [-0.25, -0.2) is 0 Å². The molecule has 1 heterocycles. The average molecular weight is 338 g/mol. The molecular weight excluding hydrogens is 324 g/mol. The van der Waals surface area contributed by atoms with E-state index >= 15 is 0 Å². The van der Waals surface area contributed by atoms with E-state index in [2.05, 4.69) is 40.6 Å². The summed E-state index contributed by atoms with van der Waals surface area (Å²) in [6, 6.07) is 18.0. The Morgan fingerprint density at radius 1 is 1.13 bits per heavy atom. The molecule has 2 aromatic carbocycles. The Morgan fingerprint density at radius 2 is 1.91 bits per heavy atom. The number of nitrogens with one attached hydrogen (secondary N) is 1. The van der Waals surface area contributed by atoms with E-state index in [-0.39, 0.29) is 0 Å². The van der Waals surface area contributed by atoms with Crippen LogP contribution in [0.25, 0.3) is 0 Å². The second-order valence-electron chi connectivity index (χ2n) is 4.92. The van der Waals surface area contributed by atoms with E-state index in [9.17, 15) is 0 Å². The summed E-state index contributed by atoms with van der Waals surface area (Å²) in [6.45, 7) is 2.06. The van der Waals surface area contributed by atoms with Crippen LogP contribution in [0, 0.1) is 18.3 Å². The number of rotatable bonds is 5. The van der Waals surface area contributed by atoms with Crippen molar-refractivity contribution >= 4 is 33.9 Å². The molecule has 0 bridgehead atoms. The topological polar surface area (TPSA) is 61.6 Å². The highest BCUT2D eigenvalue weighted by molar-refractivity contribution is 8.00. The third-order valence-electron chi connectivity index (χ3n) is 3.20. The second-order valence-corrected chi connectivity index (χ2v) is 7.12. The van der Waals surface area contributed by atoms with Gasteiger partial charge in [-0.15, -0.1) is 10.2 Å². The molecule has 4 nitrogen and oxygen atoms in total. The van der Waals surface area contributed by atoms with E-state index in [0.717, 1.165) is 20.7 Å². The summed E-state index contributed by atoms with van der Waals surface area (Å²) in [4.78, 5) is 0. The molecule has 0 atom stereocenters. The molecule has 3 aromatic rings. The van der Waals surface area contributed by atoms with E-state index in [1.807, 2.05) is 36.4 Å². The molecule has 3 rings (SSSR count). The number of anilines is 2. The molecule has 0 unspecified atom stereocenters. The fourth-order valence-corrected chi connectivity index (χ4v) is 3.75. The Morgan fingerprint density at radius 3 is 2.70 bits per heavy atom. The maximum absolute atomic E-state index is 9.11. The monoisotopic (exact) mass is 338 g/mol. The molecular formula is C17H14N4S2. The van der Waals surface area contributed by atoms with Crippen molar-refractivity contribution in [1.82, 2.24) is 10.2 Å². The molecule has 0 amide bonds. The molecule has 114 valence electrons. The van der Waals surface area contributed by atoms with E-state index in [4.69, 9.17) is 5.26 Å². The van der Waals surface area contributed by atoms with Gasteiger partial charge in [0.15, 0.2) is 4.34 Å². The first-order valence-electron chi connectivity index (χ1n) is 7.02. The SMILES string of the molecule is Cc1ccc(Nc2nnc(SCc3ccccc3C#N)s2)cc1. The number of aryl methyl sites for hydroxylation is 1. The van der Waals surface area contributed by atoms with Crippen LogP contribution in [-0.2, 0) is 5.75 Å². The number of nitriles is 1. The van der Waals surface area contributed by atoms with Crippen molar-refractivity contribution in [3.8, 4) is 6.07 Å². The van der Waals surface area contributed by atoms with Crippen LogP contribution in [0.5, 0.6) is 0 Å². The summed E-state index contributed by atoms with van der Waals surface area (Å²) in [5.41, 5.74) is 3.95. The molecule has 0 aliphatic rings. The Hall–Kier alpha value is -2.36. The van der Waals surface area contributed by atoms with Crippen molar-refractivity contribution < 1.29 is 0 Å². The lowest BCUT2D eigenvalue weighted by atomic mass is 10.1. The van der Waals surface area contributed by atoms with Gasteiger partial charge in [0.1, 0.15) is 0 Å². The zero-order valence-electron chi connectivity index (χ0n) is 12.5. The second kappa shape index (κ2) is 7.27. The van der Waals surface area contributed by atoms with Gasteiger partial charge >= 0.3 is 0 Å². The van der Waals surface area contributed by atoms with Crippen LogP contribution in [0.2, 0.25) is 0 Å². The number of thioether (sulfide) groups is 1. The smallest absolute Gasteiger partial charge is 0.210 e. The lowest BCUT2D eigenvalue weighted by molar-refractivity contribution is 1.01. The number of hydrogen-bond acceptors (Lipinski definition) is 6. The maximum Gasteiger partial charge on any atom is 0.210 e. The summed E-state index contributed by atoms with van der Waals surface area (Å²) in [7, 11) is 0. The highest BCUT2D eigenvalue weighted by Crippen LogP contribution is 2.30. The van der Waals surface area contributed by atoms with Crippen LogP contribution >= 0.6 is 23.1 Å². The molecule has 23 heavy (non-hydrogen) atoms. The Labute approximate surface area is 143 Å². The standard InChI is InChI=1S/C17H14N4S2/c1-12-6-8-15(9-7-12)19-16-20-21-17(23-16)22-11-14-5-3-2-4-13(14)10-18/h2-9H,11H2,1H3,(H,19,20). The number of nitrogens with zero attached hydrogens (tertiary/aromatic N) is 3. The minimum absolute atomic E-state index is 0.711. The molecule has 0 fully saturated rings. The molecule has 0 radical (unpaired) electrons. The van der Waals surface area contributed by atoms with Gasteiger partial charge in [0, 0.05) is 11.4 Å². The van der Waals surface area contributed by atoms with E-state index in [1.54, 1.807) is 11.8 Å². The minimum Gasteiger partial charge on any atom is -0.330 e. The third-order valence-corrected chi connectivity index (χ3v) is 5.22. The molecule has 0 aliphatic heterocycles. The third kappa shape index (κ3) is 4.09. The van der Waals surface area contributed by atoms with Crippen LogP contribution in [0.1, 0.15) is 16.7 Å². The fraction of sp³-hybridized carbons (Fsp3) is 0.118. The lowest BCUT2D eigenvalue weighted by Gasteiger charge is -2.01. The fourth-order valence-electron chi connectivity index (χ4n) is 1.97. The summed E-state index contributed by atoms with van der Waals surface area (Å²) in [5.74, 6) is 0.711. The molecule has 0 aliphatic carbocycles. The van der Waals surface area contributed by atoms with Gasteiger partial charge in [-0.05, 0) is 30.7 Å². The van der Waals surface area contributed by atoms with E-state index in [0.29, 0.717) is 11.3 Å². The quantitative estimate of drug-likeness (QED) is 0.680. The summed E-state index contributed by atoms with van der Waals surface area (Å²) in [6.07, 6.45) is 0. The van der Waals surface area contributed by atoms with Crippen molar-refractivity contribution in [2.75, 3.05) is 5.32 Å². The molecule has 0 saturated carbocycles. The van der Waals surface area contributed by atoms with Crippen molar-refractivity contribution in [3.63, 3.8) is 0 Å². The van der Waals surface area contributed by atoms with Gasteiger partial charge in [0.2, 0.25) is 5.13 Å². The van der Waals surface area contributed by atoms with Gasteiger partial charge in [-0.2, -0.15) is 5.26 Å². The Bertz CT molecular complexity index is 834. The Balaban J connectivity index is 1.63. The average Bonchev–Trinajstić information content (AvgIpc) is 3.03. The Kier molecular flexibility index (Phi) is 4.91. The number of hydrogen-bond donors (Lipinski definition) is 1. The summed E-state index contributed by atoms with van der Waals surface area (Å²) >= 11 is 3.10. The van der Waals surface area contributed by atoms with Crippen molar-refractivity contribution in [1.29, 1.82) is 5.26 Å². The predicted octanol–water partition coefficient (Wildman–Crippen LogP) is 4.75. The van der Waals surface area contributed by atoms with Crippen LogP contribution in [0.4, 0.5) is 10.8 Å². The van der Waals surface area contributed by atoms with Gasteiger partial charge in [-0.3, -0.25) is 0 Å². The number of benzene rings is 2. The highest BCUT2D eigenvalue weighted by atomic mass is 32.2. The van der Waals surface area contributed by atoms with Gasteiger partial charge < -0.3 is 5.32 Å². The molecule has 1 aromatic heterocycles. The zero-order chi connectivity index (χ0) is 16.1. The number of aromatic nitrogens is 2. The van der Waals surface area contributed by atoms with Crippen LogP contribution in [-0.4, -0.2) is 10.2 Å². The maximum atomic E-state index is 9.11. The van der Waals surface area contributed by atoms with Crippen molar-refractivity contribution in [3.05, 3.63) is 65.2 Å². The summed E-state index contributed by atoms with van der Waals surface area (Å²) < 4.78 is 0.882. The highest BCUT2D eigenvalue weighted by Gasteiger charge is 2.07. The summed E-state index contributed by atoms with van der Waals surface area (Å²) in [5, 5.41) is 21.5. The van der Waals surface area contributed by atoms with Crippen molar-refractivity contribution in [2.24, 2.45) is 0 Å². The van der Waals surface area contributed by atoms with E-state index in [1.165, 1.54) is 16.9 Å². The van der Waals surface area contributed by atoms with Crippen LogP contribution < -0.4 is 5.32 Å². The molecule has 0 saturated heterocycles. The molecule has 6 heteroatoms. The lowest BCUT2D eigenvalue weighted by Crippen LogP contribution is -1.88. The van der Waals surface area contributed by atoms with Crippen molar-refractivity contribution in [2.45, 2.75) is 17.0 Å². The largest absolute Gasteiger partial charge is 0.330 e. The van der Waals surface area contributed by atoms with Gasteiger partial charge in [0.05, 0.1) is 11.6 Å². The normalized spacial score (nSPS) is 10.3. The first-order valence-corrected chi connectivity index (χ1v) is 8.83. The van der Waals surface area contributed by atoms with Crippen LogP contribution in [0.15, 0.2) is 52.9 Å². The van der Waals surface area contributed by atoms with Crippen LogP contribution in [0.3, 0.4) is 0 Å². The zero-order valence-corrected chi connectivity index (χ0v) is 14.1. The molecule has 0 spiro atoms. The minimum atomic E-state index is 0.711. The molecule has 1 N–H and O–H groups in total. The predicted molar refractivity (Wildman–Crippen MR) is 95.1 cm³/mol. The van der Waals surface area contributed by atoms with Gasteiger partial charge in [-0.1, -0.05) is 59.0 Å². The first kappa shape index (κ1) is 15.5. The first-order chi connectivity index (χ1) is 11.2.